The number of aliphatic hydroxyl groups excluding tert-OH is 1. The summed E-state index contributed by atoms with van der Waals surface area (Å²) in [6.45, 7) is 3.05. The third-order valence-electron chi connectivity index (χ3n) is 3.99. The van der Waals surface area contributed by atoms with E-state index in [0.29, 0.717) is 12.3 Å². The smallest absolute Gasteiger partial charge is 0.321 e. The summed E-state index contributed by atoms with van der Waals surface area (Å²) in [4.78, 5) is 14.0. The molecule has 1 aliphatic heterocycles. The van der Waals surface area contributed by atoms with Crippen molar-refractivity contribution >= 4 is 6.03 Å². The van der Waals surface area contributed by atoms with Crippen LogP contribution < -0.4 is 5.32 Å². The molecule has 1 heterocycles. The van der Waals surface area contributed by atoms with Crippen molar-refractivity contribution in [3.63, 3.8) is 0 Å². The summed E-state index contributed by atoms with van der Waals surface area (Å²) in [6.07, 6.45) is 8.32. The van der Waals surface area contributed by atoms with Gasteiger partial charge in [0.15, 0.2) is 0 Å². The molecule has 4 nitrogen and oxygen atoms in total. The number of piperidine rings is 1. The van der Waals surface area contributed by atoms with E-state index in [1.807, 2.05) is 11.1 Å². The third kappa shape index (κ3) is 3.48. The summed E-state index contributed by atoms with van der Waals surface area (Å²) in [7, 11) is 0. The number of carbonyl (C=O) groups excluding carboxylic acids is 1. The van der Waals surface area contributed by atoms with Gasteiger partial charge in [0, 0.05) is 25.4 Å². The summed E-state index contributed by atoms with van der Waals surface area (Å²) in [5, 5.41) is 12.0. The number of aliphatic hydroxyl groups is 1. The van der Waals surface area contributed by atoms with Crippen LogP contribution in [0, 0.1) is 5.92 Å². The molecule has 0 bridgehead atoms. The monoisotopic (exact) mass is 252 g/mol. The predicted molar refractivity (Wildman–Crippen MR) is 71.1 cm³/mol. The number of allylic oxidation sites excluding steroid dienone is 1. The highest BCUT2D eigenvalue weighted by Crippen LogP contribution is 2.35. The Bertz CT molecular complexity index is 322. The van der Waals surface area contributed by atoms with Crippen LogP contribution in [0.2, 0.25) is 0 Å². The van der Waals surface area contributed by atoms with Gasteiger partial charge in [-0.1, -0.05) is 5.57 Å². The normalized spacial score (nSPS) is 25.1. The van der Waals surface area contributed by atoms with E-state index < -0.39 is 0 Å². The number of amides is 2. The van der Waals surface area contributed by atoms with Crippen molar-refractivity contribution < 1.29 is 9.90 Å². The lowest BCUT2D eigenvalue weighted by Gasteiger charge is -2.35. The molecule has 0 aromatic carbocycles. The molecule has 0 spiro atoms. The maximum absolute atomic E-state index is 12.1. The van der Waals surface area contributed by atoms with E-state index in [9.17, 15) is 4.79 Å². The largest absolute Gasteiger partial charge is 0.396 e. The van der Waals surface area contributed by atoms with Crippen LogP contribution in [-0.4, -0.2) is 35.2 Å². The van der Waals surface area contributed by atoms with Crippen LogP contribution in [0.5, 0.6) is 0 Å². The Morgan fingerprint density at radius 3 is 2.83 bits per heavy atom. The molecule has 2 aliphatic rings. The molecule has 2 fully saturated rings. The number of nitrogens with one attached hydrogen (secondary N) is 1. The van der Waals surface area contributed by atoms with E-state index in [0.717, 1.165) is 25.8 Å². The zero-order valence-electron chi connectivity index (χ0n) is 11.2. The lowest BCUT2D eigenvalue weighted by molar-refractivity contribution is 0.134. The average molecular weight is 252 g/mol. The van der Waals surface area contributed by atoms with E-state index >= 15 is 0 Å². The molecule has 0 aromatic heterocycles. The standard InChI is InChI=1S/C14H24N2O2/c1-11(12-5-6-12)10-15-14(18)16-8-3-2-4-13(16)7-9-17/h10,12-13,17H,2-9H2,1H3,(H,15,18)/b11-10+. The van der Waals surface area contributed by atoms with Crippen LogP contribution in [0.1, 0.15) is 45.4 Å². The number of nitrogens with zero attached hydrogens (tertiary/aromatic N) is 1. The highest BCUT2D eigenvalue weighted by Gasteiger charge is 2.26. The van der Waals surface area contributed by atoms with Gasteiger partial charge >= 0.3 is 6.03 Å². The molecule has 0 aromatic rings. The number of carbonyl (C=O) groups is 1. The molecule has 102 valence electrons. The van der Waals surface area contributed by atoms with E-state index in [2.05, 4.69) is 12.2 Å². The van der Waals surface area contributed by atoms with Crippen molar-refractivity contribution in [2.45, 2.75) is 51.5 Å². The SMILES string of the molecule is C/C(=C\NC(=O)N1CCCCC1CCO)C1CC1. The van der Waals surface area contributed by atoms with Crippen molar-refractivity contribution in [2.24, 2.45) is 5.92 Å². The quantitative estimate of drug-likeness (QED) is 0.806. The van der Waals surface area contributed by atoms with Gasteiger partial charge in [-0.25, -0.2) is 4.79 Å². The summed E-state index contributed by atoms with van der Waals surface area (Å²) in [5.41, 5.74) is 1.28. The van der Waals surface area contributed by atoms with Gasteiger partial charge in [-0.15, -0.1) is 0 Å². The van der Waals surface area contributed by atoms with E-state index in [4.69, 9.17) is 5.11 Å². The van der Waals surface area contributed by atoms with Gasteiger partial charge in [0.05, 0.1) is 0 Å². The number of hydrogen-bond donors (Lipinski definition) is 2. The highest BCUT2D eigenvalue weighted by atomic mass is 16.3. The van der Waals surface area contributed by atoms with Gasteiger partial charge in [0.2, 0.25) is 0 Å². The van der Waals surface area contributed by atoms with Gasteiger partial charge in [0.25, 0.3) is 0 Å². The predicted octanol–water partition coefficient (Wildman–Crippen LogP) is 2.25. The summed E-state index contributed by atoms with van der Waals surface area (Å²) < 4.78 is 0. The van der Waals surface area contributed by atoms with E-state index in [1.165, 1.54) is 18.4 Å². The van der Waals surface area contributed by atoms with Crippen LogP contribution in [-0.2, 0) is 0 Å². The number of likely N-dealkylation sites (tertiary alicyclic amines) is 1. The highest BCUT2D eigenvalue weighted by molar-refractivity contribution is 5.75. The minimum Gasteiger partial charge on any atom is -0.396 e. The molecular formula is C14H24N2O2. The molecule has 0 radical (unpaired) electrons. The van der Waals surface area contributed by atoms with Crippen LogP contribution in [0.3, 0.4) is 0 Å². The zero-order valence-corrected chi connectivity index (χ0v) is 11.2. The second-order valence-corrected chi connectivity index (χ2v) is 5.47. The van der Waals surface area contributed by atoms with Crippen LogP contribution in [0.15, 0.2) is 11.8 Å². The first-order chi connectivity index (χ1) is 8.72. The van der Waals surface area contributed by atoms with Crippen molar-refractivity contribution in [1.29, 1.82) is 0 Å². The Morgan fingerprint density at radius 2 is 2.17 bits per heavy atom. The molecule has 1 saturated heterocycles. The Morgan fingerprint density at radius 1 is 1.39 bits per heavy atom. The fraction of sp³-hybridized carbons (Fsp3) is 0.786. The first-order valence-corrected chi connectivity index (χ1v) is 7.07. The second kappa shape index (κ2) is 6.23. The van der Waals surface area contributed by atoms with Crippen LogP contribution >= 0.6 is 0 Å². The minimum atomic E-state index is -0.00634. The average Bonchev–Trinajstić information content (AvgIpc) is 3.21. The fourth-order valence-electron chi connectivity index (χ4n) is 2.63. The molecule has 1 aliphatic carbocycles. The Labute approximate surface area is 109 Å². The number of urea groups is 1. The van der Waals surface area contributed by atoms with E-state index in [-0.39, 0.29) is 18.7 Å². The van der Waals surface area contributed by atoms with Crippen molar-refractivity contribution in [3.8, 4) is 0 Å². The maximum Gasteiger partial charge on any atom is 0.321 e. The molecule has 2 amide bonds. The molecule has 4 heteroatoms. The maximum atomic E-state index is 12.1. The first kappa shape index (κ1) is 13.4. The van der Waals surface area contributed by atoms with Gasteiger partial charge in [-0.2, -0.15) is 0 Å². The summed E-state index contributed by atoms with van der Waals surface area (Å²) >= 11 is 0. The van der Waals surface area contributed by atoms with Crippen molar-refractivity contribution in [2.75, 3.05) is 13.2 Å². The molecule has 2 rings (SSSR count). The Balaban J connectivity index is 1.87. The topological polar surface area (TPSA) is 52.6 Å². The number of rotatable bonds is 4. The van der Waals surface area contributed by atoms with Crippen LogP contribution in [0.25, 0.3) is 0 Å². The van der Waals surface area contributed by atoms with Crippen molar-refractivity contribution in [3.05, 3.63) is 11.8 Å². The molecular weight excluding hydrogens is 228 g/mol. The molecule has 1 atom stereocenters. The fourth-order valence-corrected chi connectivity index (χ4v) is 2.63. The van der Waals surface area contributed by atoms with Gasteiger partial charge in [-0.3, -0.25) is 0 Å². The Hall–Kier alpha value is -1.03. The Kier molecular flexibility index (Phi) is 4.64. The molecule has 18 heavy (non-hydrogen) atoms. The first-order valence-electron chi connectivity index (χ1n) is 7.07. The second-order valence-electron chi connectivity index (χ2n) is 5.47. The third-order valence-corrected chi connectivity index (χ3v) is 3.99. The van der Waals surface area contributed by atoms with E-state index in [1.54, 1.807) is 0 Å². The molecule has 1 saturated carbocycles. The summed E-state index contributed by atoms with van der Waals surface area (Å²) in [5.74, 6) is 0.694. The lowest BCUT2D eigenvalue weighted by Crippen LogP contribution is -2.47. The van der Waals surface area contributed by atoms with Gasteiger partial charge in [0.1, 0.15) is 0 Å². The van der Waals surface area contributed by atoms with Gasteiger partial charge < -0.3 is 15.3 Å². The van der Waals surface area contributed by atoms with Crippen LogP contribution in [0.4, 0.5) is 4.79 Å². The zero-order chi connectivity index (χ0) is 13.0. The van der Waals surface area contributed by atoms with Gasteiger partial charge in [-0.05, 0) is 51.4 Å². The summed E-state index contributed by atoms with van der Waals surface area (Å²) in [6, 6.07) is 0.200. The van der Waals surface area contributed by atoms with Crippen molar-refractivity contribution in [1.82, 2.24) is 10.2 Å². The molecule has 2 N–H and O–H groups in total. The molecule has 1 unspecified atom stereocenters. The minimum absolute atomic E-state index is 0.00634. The number of hydrogen-bond acceptors (Lipinski definition) is 2. The lowest BCUT2D eigenvalue weighted by atomic mass is 10.0.